The lowest BCUT2D eigenvalue weighted by atomic mass is 10.1. The van der Waals surface area contributed by atoms with Gasteiger partial charge in [-0.15, -0.1) is 0 Å². The molecule has 13 heavy (non-hydrogen) atoms. The molecule has 0 N–H and O–H groups in total. The molecule has 0 aromatic carbocycles. The molecule has 0 radical (unpaired) electrons. The molecule has 4 heteroatoms. The molecule has 0 saturated carbocycles. The lowest BCUT2D eigenvalue weighted by Crippen LogP contribution is -1.94. The van der Waals surface area contributed by atoms with E-state index in [1.807, 2.05) is 12.3 Å². The summed E-state index contributed by atoms with van der Waals surface area (Å²) in [5.41, 5.74) is 2.10. The predicted octanol–water partition coefficient (Wildman–Crippen LogP) is 2.51. The first-order chi connectivity index (χ1) is 6.20. The van der Waals surface area contributed by atoms with Crippen LogP contribution in [0.1, 0.15) is 25.3 Å². The van der Waals surface area contributed by atoms with E-state index < -0.39 is 0 Å². The summed E-state index contributed by atoms with van der Waals surface area (Å²) in [6.07, 6.45) is 3.36. The fourth-order valence-electron chi connectivity index (χ4n) is 1.41. The molecule has 0 aliphatic rings. The Balaban J connectivity index is 2.79. The van der Waals surface area contributed by atoms with Gasteiger partial charge in [0.25, 0.3) is 0 Å². The molecule has 0 saturated heterocycles. The van der Waals surface area contributed by atoms with Crippen LogP contribution in [0, 0.1) is 0 Å². The van der Waals surface area contributed by atoms with Crippen molar-refractivity contribution in [1.29, 1.82) is 0 Å². The highest BCUT2D eigenvalue weighted by atomic mass is 35.5. The molecule has 2 aromatic heterocycles. The zero-order valence-corrected chi connectivity index (χ0v) is 8.28. The minimum absolute atomic E-state index is 0.438. The van der Waals surface area contributed by atoms with Crippen LogP contribution in [0.2, 0.25) is 5.15 Å². The Morgan fingerprint density at radius 3 is 2.92 bits per heavy atom. The summed E-state index contributed by atoms with van der Waals surface area (Å²) in [5.74, 6) is 0.438. The van der Waals surface area contributed by atoms with Crippen LogP contribution in [0.5, 0.6) is 0 Å². The summed E-state index contributed by atoms with van der Waals surface area (Å²) in [4.78, 5) is 3.96. The predicted molar refractivity (Wildman–Crippen MR) is 52.1 cm³/mol. The van der Waals surface area contributed by atoms with Gasteiger partial charge in [0.2, 0.25) is 0 Å². The molecule has 0 aliphatic heterocycles. The molecule has 2 heterocycles. The number of nitrogens with zero attached hydrogens (tertiary/aromatic N) is 3. The fraction of sp³-hybridized carbons (Fsp3) is 0.333. The second kappa shape index (κ2) is 3.00. The van der Waals surface area contributed by atoms with Gasteiger partial charge >= 0.3 is 0 Å². The first-order valence-corrected chi connectivity index (χ1v) is 4.55. The molecule has 0 aliphatic carbocycles. The van der Waals surface area contributed by atoms with E-state index in [1.54, 1.807) is 4.52 Å². The molecule has 2 aromatic rings. The molecular formula is C9H10ClN3. The van der Waals surface area contributed by atoms with Gasteiger partial charge in [-0.1, -0.05) is 25.4 Å². The van der Waals surface area contributed by atoms with E-state index in [2.05, 4.69) is 23.9 Å². The number of fused-ring (bicyclic) bond motifs is 1. The van der Waals surface area contributed by atoms with Crippen LogP contribution in [-0.2, 0) is 0 Å². The van der Waals surface area contributed by atoms with Crippen LogP contribution in [0.15, 0.2) is 18.6 Å². The van der Waals surface area contributed by atoms with Crippen LogP contribution in [-0.4, -0.2) is 14.6 Å². The van der Waals surface area contributed by atoms with Crippen LogP contribution < -0.4 is 0 Å². The molecule has 68 valence electrons. The first-order valence-electron chi connectivity index (χ1n) is 4.18. The van der Waals surface area contributed by atoms with Crippen molar-refractivity contribution in [3.05, 3.63) is 29.3 Å². The first kappa shape index (κ1) is 8.51. The molecule has 0 amide bonds. The van der Waals surface area contributed by atoms with Crippen molar-refractivity contribution < 1.29 is 0 Å². The molecule has 0 atom stereocenters. The normalized spacial score (nSPS) is 11.4. The fourth-order valence-corrected chi connectivity index (χ4v) is 1.65. The number of rotatable bonds is 1. The summed E-state index contributed by atoms with van der Waals surface area (Å²) in [5, 5.41) is 4.58. The molecule has 0 spiro atoms. The third-order valence-corrected chi connectivity index (χ3v) is 2.34. The van der Waals surface area contributed by atoms with Crippen molar-refractivity contribution in [2.75, 3.05) is 0 Å². The minimum atomic E-state index is 0.438. The van der Waals surface area contributed by atoms with Gasteiger partial charge < -0.3 is 0 Å². The highest BCUT2D eigenvalue weighted by Gasteiger charge is 2.10. The monoisotopic (exact) mass is 195 g/mol. The Bertz CT molecular complexity index is 433. The van der Waals surface area contributed by atoms with Crippen molar-refractivity contribution in [2.24, 2.45) is 0 Å². The standard InChI is InChI=1S/C9H10ClN3/c1-6(2)7-3-4-13-8(7)9(10)11-5-12-13/h3-6H,1-2H3. The zero-order chi connectivity index (χ0) is 9.42. The molecule has 3 nitrogen and oxygen atoms in total. The number of aromatic nitrogens is 3. The van der Waals surface area contributed by atoms with E-state index in [4.69, 9.17) is 11.6 Å². The molecular weight excluding hydrogens is 186 g/mol. The highest BCUT2D eigenvalue weighted by Crippen LogP contribution is 2.25. The smallest absolute Gasteiger partial charge is 0.156 e. The maximum Gasteiger partial charge on any atom is 0.156 e. The van der Waals surface area contributed by atoms with Crippen molar-refractivity contribution >= 4 is 17.1 Å². The average Bonchev–Trinajstić information content (AvgIpc) is 2.49. The summed E-state index contributed by atoms with van der Waals surface area (Å²) < 4.78 is 1.75. The summed E-state index contributed by atoms with van der Waals surface area (Å²) in [6, 6.07) is 2.03. The lowest BCUT2D eigenvalue weighted by Gasteiger charge is -2.03. The highest BCUT2D eigenvalue weighted by molar-refractivity contribution is 6.32. The van der Waals surface area contributed by atoms with E-state index >= 15 is 0 Å². The largest absolute Gasteiger partial charge is 0.236 e. The van der Waals surface area contributed by atoms with E-state index in [-0.39, 0.29) is 0 Å². The second-order valence-corrected chi connectivity index (χ2v) is 3.63. The minimum Gasteiger partial charge on any atom is -0.236 e. The van der Waals surface area contributed by atoms with Crippen LogP contribution in [0.25, 0.3) is 5.52 Å². The SMILES string of the molecule is CC(C)c1ccn2ncnc(Cl)c12. The molecule has 0 fully saturated rings. The third-order valence-electron chi connectivity index (χ3n) is 2.06. The summed E-state index contributed by atoms with van der Waals surface area (Å²) >= 11 is 5.98. The quantitative estimate of drug-likeness (QED) is 0.700. The van der Waals surface area contributed by atoms with Gasteiger partial charge in [-0.25, -0.2) is 9.50 Å². The average molecular weight is 196 g/mol. The van der Waals surface area contributed by atoms with E-state index in [0.29, 0.717) is 11.1 Å². The Kier molecular flexibility index (Phi) is 1.96. The van der Waals surface area contributed by atoms with Crippen LogP contribution in [0.3, 0.4) is 0 Å². The van der Waals surface area contributed by atoms with Gasteiger partial charge in [0.05, 0.1) is 0 Å². The Morgan fingerprint density at radius 2 is 2.23 bits per heavy atom. The van der Waals surface area contributed by atoms with Gasteiger partial charge in [0, 0.05) is 6.20 Å². The van der Waals surface area contributed by atoms with Crippen LogP contribution >= 0.6 is 11.6 Å². The van der Waals surface area contributed by atoms with E-state index in [0.717, 1.165) is 5.52 Å². The van der Waals surface area contributed by atoms with Crippen molar-refractivity contribution in [3.63, 3.8) is 0 Å². The van der Waals surface area contributed by atoms with Gasteiger partial charge in [0.15, 0.2) is 5.15 Å². The van der Waals surface area contributed by atoms with Gasteiger partial charge in [0.1, 0.15) is 11.8 Å². The summed E-state index contributed by atoms with van der Waals surface area (Å²) in [6.45, 7) is 4.25. The van der Waals surface area contributed by atoms with Gasteiger partial charge in [-0.3, -0.25) is 0 Å². The Labute approximate surface area is 81.4 Å². The molecule has 0 bridgehead atoms. The van der Waals surface area contributed by atoms with E-state index in [1.165, 1.54) is 11.9 Å². The maximum atomic E-state index is 5.98. The second-order valence-electron chi connectivity index (χ2n) is 3.27. The van der Waals surface area contributed by atoms with E-state index in [9.17, 15) is 0 Å². The molecule has 0 unspecified atom stereocenters. The van der Waals surface area contributed by atoms with Crippen molar-refractivity contribution in [2.45, 2.75) is 19.8 Å². The third kappa shape index (κ3) is 1.29. The maximum absolute atomic E-state index is 5.98. The van der Waals surface area contributed by atoms with Gasteiger partial charge in [-0.2, -0.15) is 5.10 Å². The number of hydrogen-bond donors (Lipinski definition) is 0. The lowest BCUT2D eigenvalue weighted by molar-refractivity contribution is 0.860. The van der Waals surface area contributed by atoms with Crippen molar-refractivity contribution in [3.8, 4) is 0 Å². The Morgan fingerprint density at radius 1 is 1.46 bits per heavy atom. The summed E-state index contributed by atoms with van der Waals surface area (Å²) in [7, 11) is 0. The Hall–Kier alpha value is -1.09. The zero-order valence-electron chi connectivity index (χ0n) is 7.53. The number of halogens is 1. The van der Waals surface area contributed by atoms with Crippen molar-refractivity contribution in [1.82, 2.24) is 14.6 Å². The number of hydrogen-bond acceptors (Lipinski definition) is 2. The topological polar surface area (TPSA) is 30.2 Å². The van der Waals surface area contributed by atoms with Crippen LogP contribution in [0.4, 0.5) is 0 Å². The van der Waals surface area contributed by atoms with Gasteiger partial charge in [-0.05, 0) is 17.5 Å². The molecule has 2 rings (SSSR count).